The highest BCUT2D eigenvalue weighted by atomic mass is 15.2. The van der Waals surface area contributed by atoms with E-state index < -0.39 is 0 Å². The maximum absolute atomic E-state index is 4.28. The van der Waals surface area contributed by atoms with Gasteiger partial charge < -0.3 is 0 Å². The molecule has 0 unspecified atom stereocenters. The van der Waals surface area contributed by atoms with E-state index in [4.69, 9.17) is 0 Å². The minimum absolute atomic E-state index is 0.774. The molecule has 0 spiro atoms. The highest BCUT2D eigenvalue weighted by Crippen LogP contribution is 2.18. The zero-order valence-corrected chi connectivity index (χ0v) is 9.70. The molecule has 0 saturated carbocycles. The summed E-state index contributed by atoms with van der Waals surface area (Å²) >= 11 is 0. The van der Waals surface area contributed by atoms with Crippen LogP contribution in [0.4, 0.5) is 0 Å². The van der Waals surface area contributed by atoms with Gasteiger partial charge in [0, 0.05) is 5.56 Å². The normalized spacial score (nSPS) is 9.33. The molecule has 0 aliphatic rings. The summed E-state index contributed by atoms with van der Waals surface area (Å²) in [4.78, 5) is 4.28. The topological polar surface area (TPSA) is 41.6 Å². The second-order valence-electron chi connectivity index (χ2n) is 3.06. The molecule has 0 atom stereocenters. The van der Waals surface area contributed by atoms with Crippen LogP contribution in [0.15, 0.2) is 24.3 Å². The Morgan fingerprint density at radius 3 is 2.27 bits per heavy atom. The molecule has 80 valence electrons. The first-order valence-corrected chi connectivity index (χ1v) is 5.22. The quantitative estimate of drug-likeness (QED) is 0.773. The Morgan fingerprint density at radius 2 is 1.73 bits per heavy atom. The van der Waals surface area contributed by atoms with Crippen LogP contribution >= 0.6 is 0 Å². The van der Waals surface area contributed by atoms with Crippen molar-refractivity contribution in [1.29, 1.82) is 0 Å². The summed E-state index contributed by atoms with van der Waals surface area (Å²) in [5.74, 6) is 1.62. The van der Waals surface area contributed by atoms with E-state index in [1.54, 1.807) is 0 Å². The van der Waals surface area contributed by atoms with Gasteiger partial charge in [0.1, 0.15) is 5.82 Å². The minimum atomic E-state index is 0.774. The average Bonchev–Trinajstić information content (AvgIpc) is 2.68. The Bertz CT molecular complexity index is 418. The second kappa shape index (κ2) is 5.29. The van der Waals surface area contributed by atoms with E-state index >= 15 is 0 Å². The summed E-state index contributed by atoms with van der Waals surface area (Å²) in [6, 6.07) is 8.09. The highest BCUT2D eigenvalue weighted by molar-refractivity contribution is 5.59. The third-order valence-electron chi connectivity index (χ3n) is 1.98. The molecule has 3 heteroatoms. The van der Waals surface area contributed by atoms with Crippen molar-refractivity contribution in [3.05, 3.63) is 35.7 Å². The first-order chi connectivity index (χ1) is 7.27. The molecule has 2 rings (SSSR count). The fraction of sp³-hybridized carbons (Fsp3) is 0.333. The fourth-order valence-electron chi connectivity index (χ4n) is 1.29. The fourth-order valence-corrected chi connectivity index (χ4v) is 1.29. The number of aromatic nitrogens is 3. The third-order valence-corrected chi connectivity index (χ3v) is 1.98. The van der Waals surface area contributed by atoms with Crippen molar-refractivity contribution in [2.24, 2.45) is 0 Å². The number of H-pyrrole nitrogens is 1. The lowest BCUT2D eigenvalue weighted by Gasteiger charge is -1.98. The lowest BCUT2D eigenvalue weighted by atomic mass is 10.1. The van der Waals surface area contributed by atoms with E-state index in [0.29, 0.717) is 0 Å². The Hall–Kier alpha value is -1.64. The molecular formula is C12H17N3. The number of benzene rings is 1. The Morgan fingerprint density at radius 1 is 1.07 bits per heavy atom. The van der Waals surface area contributed by atoms with Gasteiger partial charge in [0.2, 0.25) is 0 Å². The van der Waals surface area contributed by atoms with Crippen LogP contribution in [0, 0.1) is 13.8 Å². The number of hydrogen-bond donors (Lipinski definition) is 1. The number of nitrogens with zero attached hydrogens (tertiary/aromatic N) is 2. The van der Waals surface area contributed by atoms with Gasteiger partial charge >= 0.3 is 0 Å². The van der Waals surface area contributed by atoms with Crippen LogP contribution in [-0.4, -0.2) is 15.2 Å². The standard InChI is InChI=1S/C10H11N3.C2H6/c1-7-5-3-4-6-9(7)10-11-8(2)12-13-10;1-2/h3-6H,1-2H3,(H,11,12,13);1-2H3. The number of rotatable bonds is 1. The van der Waals surface area contributed by atoms with Gasteiger partial charge in [0.05, 0.1) is 0 Å². The van der Waals surface area contributed by atoms with Crippen molar-refractivity contribution < 1.29 is 0 Å². The van der Waals surface area contributed by atoms with Gasteiger partial charge in [-0.1, -0.05) is 38.1 Å². The van der Waals surface area contributed by atoms with Gasteiger partial charge in [-0.05, 0) is 19.4 Å². The SMILES string of the molecule is CC.Cc1nc(-c2ccccc2C)n[nH]1. The molecule has 1 aromatic carbocycles. The molecular weight excluding hydrogens is 186 g/mol. The smallest absolute Gasteiger partial charge is 0.181 e. The zero-order valence-electron chi connectivity index (χ0n) is 9.70. The molecule has 0 fully saturated rings. The van der Waals surface area contributed by atoms with Gasteiger partial charge in [0.15, 0.2) is 5.82 Å². The van der Waals surface area contributed by atoms with E-state index in [1.165, 1.54) is 5.56 Å². The third kappa shape index (κ3) is 2.65. The zero-order chi connectivity index (χ0) is 11.3. The molecule has 15 heavy (non-hydrogen) atoms. The molecule has 0 radical (unpaired) electrons. The van der Waals surface area contributed by atoms with Gasteiger partial charge in [-0.3, -0.25) is 5.10 Å². The maximum Gasteiger partial charge on any atom is 0.181 e. The van der Waals surface area contributed by atoms with Crippen molar-refractivity contribution in [3.8, 4) is 11.4 Å². The molecule has 3 nitrogen and oxygen atoms in total. The lowest BCUT2D eigenvalue weighted by Crippen LogP contribution is -1.84. The molecule has 0 amide bonds. The maximum atomic E-state index is 4.28. The molecule has 0 bridgehead atoms. The number of nitrogens with one attached hydrogen (secondary N) is 1. The number of aryl methyl sites for hydroxylation is 2. The van der Waals surface area contributed by atoms with E-state index in [2.05, 4.69) is 28.2 Å². The molecule has 0 aliphatic carbocycles. The van der Waals surface area contributed by atoms with Crippen LogP contribution in [0.5, 0.6) is 0 Å². The van der Waals surface area contributed by atoms with Crippen LogP contribution < -0.4 is 0 Å². The van der Waals surface area contributed by atoms with Crippen molar-refractivity contribution in [2.45, 2.75) is 27.7 Å². The predicted octanol–water partition coefficient (Wildman–Crippen LogP) is 3.11. The van der Waals surface area contributed by atoms with Gasteiger partial charge in [-0.25, -0.2) is 4.98 Å². The predicted molar refractivity (Wildman–Crippen MR) is 62.6 cm³/mol. The summed E-state index contributed by atoms with van der Waals surface area (Å²) in [6.45, 7) is 7.95. The molecule has 2 aromatic rings. The van der Waals surface area contributed by atoms with Crippen LogP contribution in [0.25, 0.3) is 11.4 Å². The number of hydrogen-bond acceptors (Lipinski definition) is 2. The van der Waals surface area contributed by atoms with Crippen LogP contribution in [-0.2, 0) is 0 Å². The molecule has 1 N–H and O–H groups in total. The first kappa shape index (κ1) is 11.4. The van der Waals surface area contributed by atoms with Crippen molar-refractivity contribution in [3.63, 3.8) is 0 Å². The molecule has 1 aromatic heterocycles. The number of aromatic amines is 1. The lowest BCUT2D eigenvalue weighted by molar-refractivity contribution is 1.04. The van der Waals surface area contributed by atoms with Crippen LogP contribution in [0.3, 0.4) is 0 Å². The summed E-state index contributed by atoms with van der Waals surface area (Å²) in [7, 11) is 0. The summed E-state index contributed by atoms with van der Waals surface area (Å²) in [6.07, 6.45) is 0. The molecule has 0 aliphatic heterocycles. The van der Waals surface area contributed by atoms with Gasteiger partial charge in [-0.2, -0.15) is 5.10 Å². The van der Waals surface area contributed by atoms with Crippen molar-refractivity contribution in [2.75, 3.05) is 0 Å². The molecule has 0 saturated heterocycles. The minimum Gasteiger partial charge on any atom is -0.263 e. The monoisotopic (exact) mass is 203 g/mol. The van der Waals surface area contributed by atoms with E-state index in [1.807, 2.05) is 39.0 Å². The Balaban J connectivity index is 0.000000531. The Kier molecular flexibility index (Phi) is 4.03. The van der Waals surface area contributed by atoms with E-state index in [9.17, 15) is 0 Å². The van der Waals surface area contributed by atoms with Crippen LogP contribution in [0.2, 0.25) is 0 Å². The second-order valence-corrected chi connectivity index (χ2v) is 3.06. The van der Waals surface area contributed by atoms with Gasteiger partial charge in [0.25, 0.3) is 0 Å². The summed E-state index contributed by atoms with van der Waals surface area (Å²) in [5, 5.41) is 6.94. The van der Waals surface area contributed by atoms with E-state index in [0.717, 1.165) is 17.2 Å². The van der Waals surface area contributed by atoms with Crippen LogP contribution in [0.1, 0.15) is 25.2 Å². The summed E-state index contributed by atoms with van der Waals surface area (Å²) in [5.41, 5.74) is 2.29. The van der Waals surface area contributed by atoms with Gasteiger partial charge in [-0.15, -0.1) is 0 Å². The summed E-state index contributed by atoms with van der Waals surface area (Å²) < 4.78 is 0. The average molecular weight is 203 g/mol. The highest BCUT2D eigenvalue weighted by Gasteiger charge is 2.04. The van der Waals surface area contributed by atoms with Crippen molar-refractivity contribution >= 4 is 0 Å². The first-order valence-electron chi connectivity index (χ1n) is 5.22. The van der Waals surface area contributed by atoms with E-state index in [-0.39, 0.29) is 0 Å². The Labute approximate surface area is 90.6 Å². The van der Waals surface area contributed by atoms with Crippen molar-refractivity contribution in [1.82, 2.24) is 15.2 Å². The largest absolute Gasteiger partial charge is 0.263 e. The molecule has 1 heterocycles.